The summed E-state index contributed by atoms with van der Waals surface area (Å²) in [6.45, 7) is 7.31. The third-order valence-electron chi connectivity index (χ3n) is 6.29. The van der Waals surface area contributed by atoms with Gasteiger partial charge in [-0.2, -0.15) is 0 Å². The van der Waals surface area contributed by atoms with Crippen LogP contribution in [0, 0.1) is 5.41 Å². The van der Waals surface area contributed by atoms with Crippen LogP contribution in [0.15, 0.2) is 48.5 Å². The van der Waals surface area contributed by atoms with Crippen molar-refractivity contribution < 1.29 is 24.2 Å². The molecule has 0 saturated carbocycles. The first kappa shape index (κ1) is 24.3. The van der Waals surface area contributed by atoms with Crippen molar-refractivity contribution in [2.75, 3.05) is 13.2 Å². The number of rotatable bonds is 9. The molecule has 1 unspecified atom stereocenters. The molecule has 0 aromatic heterocycles. The lowest BCUT2D eigenvalue weighted by atomic mass is 9.88. The number of carbonyl (C=O) groups excluding carboxylic acids is 2. The average Bonchev–Trinajstić information content (AvgIpc) is 3.09. The van der Waals surface area contributed by atoms with Gasteiger partial charge in [0, 0.05) is 12.5 Å². The van der Waals surface area contributed by atoms with Gasteiger partial charge in [0.15, 0.2) is 0 Å². The Balaban J connectivity index is 1.62. The predicted octanol–water partition coefficient (Wildman–Crippen LogP) is 4.31. The molecular formula is C26H32N2O5. The Morgan fingerprint density at radius 3 is 2.03 bits per heavy atom. The Labute approximate surface area is 194 Å². The molecular weight excluding hydrogens is 420 g/mol. The number of benzene rings is 2. The van der Waals surface area contributed by atoms with Crippen LogP contribution in [0.5, 0.6) is 0 Å². The smallest absolute Gasteiger partial charge is 0.408 e. The van der Waals surface area contributed by atoms with Crippen molar-refractivity contribution in [3.8, 4) is 11.1 Å². The molecule has 1 atom stereocenters. The molecule has 0 saturated heterocycles. The molecule has 1 aliphatic carbocycles. The van der Waals surface area contributed by atoms with E-state index in [1.165, 1.54) is 0 Å². The summed E-state index contributed by atoms with van der Waals surface area (Å²) < 4.78 is 5.58. The van der Waals surface area contributed by atoms with Crippen LogP contribution in [0.25, 0.3) is 11.1 Å². The maximum absolute atomic E-state index is 12.8. The highest BCUT2D eigenvalue weighted by Crippen LogP contribution is 2.44. The number of ether oxygens (including phenoxy) is 1. The third-order valence-corrected chi connectivity index (χ3v) is 6.29. The van der Waals surface area contributed by atoms with Gasteiger partial charge in [-0.1, -0.05) is 69.3 Å². The Morgan fingerprint density at radius 1 is 0.970 bits per heavy atom. The first-order chi connectivity index (χ1) is 15.6. The van der Waals surface area contributed by atoms with Gasteiger partial charge in [-0.15, -0.1) is 0 Å². The molecule has 0 bridgehead atoms. The van der Waals surface area contributed by atoms with Crippen LogP contribution in [0.3, 0.4) is 0 Å². The van der Waals surface area contributed by atoms with E-state index < -0.39 is 23.0 Å². The minimum atomic E-state index is -1.18. The fourth-order valence-electron chi connectivity index (χ4n) is 4.15. The lowest BCUT2D eigenvalue weighted by molar-refractivity contribution is -0.139. The van der Waals surface area contributed by atoms with Gasteiger partial charge in [-0.3, -0.25) is 9.59 Å². The molecule has 0 fully saturated rings. The largest absolute Gasteiger partial charge is 0.481 e. The van der Waals surface area contributed by atoms with Gasteiger partial charge in [0.05, 0.1) is 6.42 Å². The Morgan fingerprint density at radius 2 is 1.52 bits per heavy atom. The fraction of sp³-hybridized carbons (Fsp3) is 0.423. The highest BCUT2D eigenvalue weighted by atomic mass is 16.5. The van der Waals surface area contributed by atoms with Crippen LogP contribution in [0.2, 0.25) is 0 Å². The van der Waals surface area contributed by atoms with E-state index >= 15 is 0 Å². The van der Waals surface area contributed by atoms with Gasteiger partial charge in [-0.25, -0.2) is 4.79 Å². The Hall–Kier alpha value is -3.35. The zero-order valence-corrected chi connectivity index (χ0v) is 19.6. The van der Waals surface area contributed by atoms with E-state index in [0.717, 1.165) is 22.3 Å². The van der Waals surface area contributed by atoms with Gasteiger partial charge in [0.1, 0.15) is 12.1 Å². The number of hydrogen-bond donors (Lipinski definition) is 3. The number of carboxylic acids is 1. The number of amides is 2. The van der Waals surface area contributed by atoms with Crippen LogP contribution in [0.4, 0.5) is 4.79 Å². The fourth-order valence-corrected chi connectivity index (χ4v) is 4.15. The summed E-state index contributed by atoms with van der Waals surface area (Å²) in [5.41, 5.74) is 2.72. The first-order valence-electron chi connectivity index (χ1n) is 11.2. The highest BCUT2D eigenvalue weighted by Gasteiger charge is 2.36. The van der Waals surface area contributed by atoms with E-state index in [9.17, 15) is 14.4 Å². The molecule has 2 amide bonds. The van der Waals surface area contributed by atoms with Crippen molar-refractivity contribution in [1.82, 2.24) is 10.6 Å². The van der Waals surface area contributed by atoms with Crippen molar-refractivity contribution in [3.63, 3.8) is 0 Å². The molecule has 3 N–H and O–H groups in total. The first-order valence-corrected chi connectivity index (χ1v) is 11.2. The number of aliphatic carboxylic acids is 1. The molecule has 3 rings (SSSR count). The normalized spacial score (nSPS) is 14.5. The summed E-state index contributed by atoms with van der Waals surface area (Å²) >= 11 is 0. The van der Waals surface area contributed by atoms with Gasteiger partial charge >= 0.3 is 12.1 Å². The maximum Gasteiger partial charge on any atom is 0.408 e. The highest BCUT2D eigenvalue weighted by molar-refractivity contribution is 5.89. The lowest BCUT2D eigenvalue weighted by Crippen LogP contribution is -2.57. The zero-order valence-electron chi connectivity index (χ0n) is 19.6. The lowest BCUT2D eigenvalue weighted by Gasteiger charge is -2.30. The molecule has 0 spiro atoms. The second-order valence-electron chi connectivity index (χ2n) is 9.55. The van der Waals surface area contributed by atoms with Crippen molar-refractivity contribution in [1.29, 1.82) is 0 Å². The second-order valence-corrected chi connectivity index (χ2v) is 9.55. The molecule has 0 radical (unpaired) electrons. The molecule has 33 heavy (non-hydrogen) atoms. The van der Waals surface area contributed by atoms with Crippen molar-refractivity contribution in [2.45, 2.75) is 52.0 Å². The maximum atomic E-state index is 12.8. The summed E-state index contributed by atoms with van der Waals surface area (Å²) in [5, 5.41) is 14.5. The number of alkyl carbamates (subject to hydrolysis) is 1. The molecule has 1 aliphatic rings. The minimum Gasteiger partial charge on any atom is -0.481 e. The van der Waals surface area contributed by atoms with E-state index in [0.29, 0.717) is 6.42 Å². The van der Waals surface area contributed by atoms with Crippen molar-refractivity contribution in [3.05, 3.63) is 59.7 Å². The molecule has 2 aromatic carbocycles. The van der Waals surface area contributed by atoms with Crippen molar-refractivity contribution >= 4 is 18.0 Å². The van der Waals surface area contributed by atoms with Crippen LogP contribution in [0.1, 0.15) is 57.6 Å². The number of fused-ring (bicyclic) bond motifs is 3. The number of carboxylic acid groups (broad SMARTS) is 1. The van der Waals surface area contributed by atoms with E-state index in [1.54, 1.807) is 27.7 Å². The zero-order chi connectivity index (χ0) is 24.2. The quantitative estimate of drug-likeness (QED) is 0.526. The van der Waals surface area contributed by atoms with E-state index in [1.807, 2.05) is 36.4 Å². The molecule has 7 heteroatoms. The van der Waals surface area contributed by atoms with Crippen LogP contribution >= 0.6 is 0 Å². The second kappa shape index (κ2) is 9.65. The van der Waals surface area contributed by atoms with Gasteiger partial charge < -0.3 is 20.5 Å². The summed E-state index contributed by atoms with van der Waals surface area (Å²) in [7, 11) is 0. The van der Waals surface area contributed by atoms with Crippen LogP contribution in [-0.2, 0) is 14.3 Å². The van der Waals surface area contributed by atoms with Gasteiger partial charge in [0.25, 0.3) is 0 Å². The van der Waals surface area contributed by atoms with E-state index in [4.69, 9.17) is 9.84 Å². The monoisotopic (exact) mass is 452 g/mol. The minimum absolute atomic E-state index is 0.0679. The number of hydrogen-bond acceptors (Lipinski definition) is 4. The summed E-state index contributed by atoms with van der Waals surface area (Å²) in [5.74, 6) is -1.37. The molecule has 0 heterocycles. The van der Waals surface area contributed by atoms with Crippen LogP contribution < -0.4 is 10.6 Å². The predicted molar refractivity (Wildman–Crippen MR) is 126 cm³/mol. The molecule has 0 aliphatic heterocycles. The molecule has 7 nitrogen and oxygen atoms in total. The van der Waals surface area contributed by atoms with Gasteiger partial charge in [-0.05, 0) is 41.0 Å². The van der Waals surface area contributed by atoms with Gasteiger partial charge in [0.2, 0.25) is 5.91 Å². The summed E-state index contributed by atoms with van der Waals surface area (Å²) in [4.78, 5) is 36.5. The summed E-state index contributed by atoms with van der Waals surface area (Å²) in [6.07, 6.45) is -0.389. The summed E-state index contributed by atoms with van der Waals surface area (Å²) in [6, 6.07) is 16.2. The standard InChI is InChI=1S/C26H32N2O5/c1-5-26(4,23(31)27-16-25(2,3)14-22(29)30)28-24(32)33-15-21-19-12-8-6-10-17(19)18-11-7-9-13-20(18)21/h6-13,21H,5,14-16H2,1-4H3,(H,27,31)(H,28,32)(H,29,30). The Kier molecular flexibility index (Phi) is 7.10. The van der Waals surface area contributed by atoms with Crippen LogP contribution in [-0.4, -0.2) is 41.8 Å². The average molecular weight is 453 g/mol. The topological polar surface area (TPSA) is 105 Å². The third kappa shape index (κ3) is 5.53. The van der Waals surface area contributed by atoms with E-state index in [2.05, 4.69) is 22.8 Å². The molecule has 176 valence electrons. The SMILES string of the molecule is CCC(C)(NC(=O)OCC1c2ccccc2-c2ccccc21)C(=O)NCC(C)(C)CC(=O)O. The number of carbonyl (C=O) groups is 3. The van der Waals surface area contributed by atoms with Crippen molar-refractivity contribution in [2.24, 2.45) is 5.41 Å². The van der Waals surface area contributed by atoms with E-state index in [-0.39, 0.29) is 31.4 Å². The Bertz CT molecular complexity index is 1000. The number of nitrogens with one attached hydrogen (secondary N) is 2. The molecule has 2 aromatic rings.